The molecule has 25 heavy (non-hydrogen) atoms. The summed E-state index contributed by atoms with van der Waals surface area (Å²) in [6, 6.07) is 1.47. The van der Waals surface area contributed by atoms with Crippen LogP contribution in [0.15, 0.2) is 22.6 Å². The number of ether oxygens (including phenoxy) is 1. The van der Waals surface area contributed by atoms with E-state index in [1.165, 1.54) is 12.3 Å². The summed E-state index contributed by atoms with van der Waals surface area (Å²) in [5.41, 5.74) is 0.941. The molecule has 0 radical (unpaired) electrons. The molecule has 0 aliphatic carbocycles. The second kappa shape index (κ2) is 10.8. The molecule has 9 heteroatoms. The van der Waals surface area contributed by atoms with Crippen LogP contribution in [0.3, 0.4) is 0 Å². The number of carbonyl (C=O) groups is 2. The quantitative estimate of drug-likeness (QED) is 0.134. The van der Waals surface area contributed by atoms with E-state index in [1.807, 2.05) is 0 Å². The van der Waals surface area contributed by atoms with Gasteiger partial charge < -0.3 is 15.3 Å². The van der Waals surface area contributed by atoms with Crippen molar-refractivity contribution in [1.82, 2.24) is 10.3 Å². The molecule has 2 N–H and O–H groups in total. The third-order valence-electron chi connectivity index (χ3n) is 3.34. The summed E-state index contributed by atoms with van der Waals surface area (Å²) in [5.74, 6) is -0.661. The van der Waals surface area contributed by atoms with Gasteiger partial charge in [0.05, 0.1) is 12.8 Å². The minimum absolute atomic E-state index is 0.0912. The van der Waals surface area contributed by atoms with Gasteiger partial charge in [-0.05, 0) is 43.5 Å². The number of nitroso groups, excluding NO2 is 1. The predicted molar refractivity (Wildman–Crippen MR) is 90.6 cm³/mol. The molecule has 0 aliphatic heterocycles. The summed E-state index contributed by atoms with van der Waals surface area (Å²) in [6.45, 7) is 3.77. The van der Waals surface area contributed by atoms with E-state index < -0.39 is 0 Å². The number of amides is 1. The Morgan fingerprint density at radius 1 is 1.28 bits per heavy atom. The number of hydrogen-bond donors (Lipinski definition) is 2. The van der Waals surface area contributed by atoms with Gasteiger partial charge in [0, 0.05) is 12.8 Å². The molecule has 1 heterocycles. The predicted octanol–water partition coefficient (Wildman–Crippen LogP) is 2.55. The Morgan fingerprint density at radius 2 is 2.00 bits per heavy atom. The zero-order valence-electron chi connectivity index (χ0n) is 14.3. The molecule has 9 nitrogen and oxygen atoms in total. The molecule has 136 valence electrons. The van der Waals surface area contributed by atoms with Crippen LogP contribution in [0, 0.1) is 11.8 Å². The largest absolute Gasteiger partial charge is 0.466 e. The summed E-state index contributed by atoms with van der Waals surface area (Å²) in [7, 11) is 0. The number of pyridine rings is 1. The molecule has 1 aromatic rings. The van der Waals surface area contributed by atoms with Gasteiger partial charge in [-0.25, -0.2) is 0 Å². The molecule has 0 fully saturated rings. The number of esters is 1. The van der Waals surface area contributed by atoms with Crippen molar-refractivity contribution in [1.29, 1.82) is 0 Å². The molecular formula is C16H22N4O5. The van der Waals surface area contributed by atoms with Crippen LogP contribution in [-0.4, -0.2) is 34.5 Å². The first-order valence-corrected chi connectivity index (χ1v) is 7.99. The van der Waals surface area contributed by atoms with E-state index >= 15 is 0 Å². The van der Waals surface area contributed by atoms with Crippen molar-refractivity contribution in [3.05, 3.63) is 28.4 Å². The summed E-state index contributed by atoms with van der Waals surface area (Å²) < 4.78 is 4.82. The van der Waals surface area contributed by atoms with Gasteiger partial charge >= 0.3 is 5.97 Å². The topological polar surface area (TPSA) is 130 Å². The van der Waals surface area contributed by atoms with Crippen molar-refractivity contribution < 1.29 is 19.5 Å². The molecule has 0 unspecified atom stereocenters. The molecule has 1 rings (SSSR count). The number of unbranched alkanes of at least 4 members (excludes halogenated alkanes) is 2. The highest BCUT2D eigenvalue weighted by atomic mass is 16.5. The summed E-state index contributed by atoms with van der Waals surface area (Å²) in [6.07, 6.45) is 3.71. The average molecular weight is 350 g/mol. The van der Waals surface area contributed by atoms with Crippen molar-refractivity contribution >= 4 is 23.4 Å². The summed E-state index contributed by atoms with van der Waals surface area (Å²) in [4.78, 5) is 37.5. The molecule has 0 bridgehead atoms. The second-order valence-electron chi connectivity index (χ2n) is 5.31. The zero-order chi connectivity index (χ0) is 18.7. The molecule has 0 atom stereocenters. The Hall–Kier alpha value is -2.84. The molecule has 0 aromatic carbocycles. The van der Waals surface area contributed by atoms with Crippen molar-refractivity contribution in [3.63, 3.8) is 0 Å². The Bertz CT molecular complexity index is 645. The molecule has 0 spiro atoms. The third-order valence-corrected chi connectivity index (χ3v) is 3.34. The maximum Gasteiger partial charge on any atom is 0.305 e. The van der Waals surface area contributed by atoms with Gasteiger partial charge in [0.1, 0.15) is 11.4 Å². The number of amidine groups is 1. The van der Waals surface area contributed by atoms with Crippen molar-refractivity contribution in [3.8, 4) is 0 Å². The smallest absolute Gasteiger partial charge is 0.305 e. The number of oxime groups is 1. The van der Waals surface area contributed by atoms with Crippen LogP contribution in [0.1, 0.15) is 50.3 Å². The highest BCUT2D eigenvalue weighted by Crippen LogP contribution is 2.15. The van der Waals surface area contributed by atoms with Gasteiger partial charge in [-0.2, -0.15) is 0 Å². The summed E-state index contributed by atoms with van der Waals surface area (Å²) >= 11 is 0. The van der Waals surface area contributed by atoms with Crippen LogP contribution in [-0.2, 0) is 14.3 Å². The molecule has 0 saturated carbocycles. The number of aryl methyl sites for hydroxylation is 1. The van der Waals surface area contributed by atoms with E-state index in [2.05, 4.69) is 20.6 Å². The summed E-state index contributed by atoms with van der Waals surface area (Å²) in [5, 5.41) is 17.4. The fourth-order valence-corrected chi connectivity index (χ4v) is 2.15. The molecule has 1 aromatic heterocycles. The zero-order valence-corrected chi connectivity index (χ0v) is 14.3. The maximum atomic E-state index is 11.9. The first-order valence-electron chi connectivity index (χ1n) is 7.99. The molecule has 1 amide bonds. The van der Waals surface area contributed by atoms with E-state index in [9.17, 15) is 14.5 Å². The van der Waals surface area contributed by atoms with E-state index in [0.717, 1.165) is 0 Å². The second-order valence-corrected chi connectivity index (χ2v) is 5.31. The highest BCUT2D eigenvalue weighted by Gasteiger charge is 2.14. The molecule has 0 aliphatic rings. The Balaban J connectivity index is 2.44. The lowest BCUT2D eigenvalue weighted by Crippen LogP contribution is -2.32. The minimum atomic E-state index is -0.331. The van der Waals surface area contributed by atoms with Crippen LogP contribution in [0.2, 0.25) is 0 Å². The van der Waals surface area contributed by atoms with E-state index in [4.69, 9.17) is 9.94 Å². The maximum absolute atomic E-state index is 11.9. The van der Waals surface area contributed by atoms with E-state index in [0.29, 0.717) is 37.9 Å². The van der Waals surface area contributed by atoms with Crippen LogP contribution in [0.25, 0.3) is 0 Å². The van der Waals surface area contributed by atoms with Gasteiger partial charge in [-0.3, -0.25) is 14.6 Å². The van der Waals surface area contributed by atoms with Gasteiger partial charge in [-0.15, -0.1) is 4.91 Å². The van der Waals surface area contributed by atoms with Crippen molar-refractivity contribution in [2.75, 3.05) is 6.61 Å². The lowest BCUT2D eigenvalue weighted by molar-refractivity contribution is -0.143. The van der Waals surface area contributed by atoms with Crippen LogP contribution in [0.4, 0.5) is 5.69 Å². The Kier molecular flexibility index (Phi) is 8.77. The van der Waals surface area contributed by atoms with E-state index in [1.54, 1.807) is 13.8 Å². The van der Waals surface area contributed by atoms with Crippen molar-refractivity contribution in [2.24, 2.45) is 10.3 Å². The van der Waals surface area contributed by atoms with Gasteiger partial charge in [0.15, 0.2) is 5.84 Å². The Labute approximate surface area is 145 Å². The van der Waals surface area contributed by atoms with Crippen molar-refractivity contribution in [2.45, 2.75) is 46.0 Å². The van der Waals surface area contributed by atoms with Gasteiger partial charge in [0.2, 0.25) is 5.91 Å². The van der Waals surface area contributed by atoms with E-state index in [-0.39, 0.29) is 35.5 Å². The number of nitrogens with one attached hydrogen (secondary N) is 1. The first kappa shape index (κ1) is 20.2. The van der Waals surface area contributed by atoms with Crippen LogP contribution >= 0.6 is 0 Å². The normalized spacial score (nSPS) is 11.0. The number of rotatable bonds is 9. The number of carbonyl (C=O) groups excluding carboxylic acids is 2. The average Bonchev–Trinajstić information content (AvgIpc) is 2.59. The fraction of sp³-hybridized carbons (Fsp3) is 0.500. The monoisotopic (exact) mass is 350 g/mol. The molecular weight excluding hydrogens is 328 g/mol. The lowest BCUT2D eigenvalue weighted by atomic mass is 10.1. The SMILES string of the molecule is CCOC(=O)CCCCCC(=O)N/C(=N/O)c1ncc(N=O)cc1C. The molecule has 0 saturated heterocycles. The Morgan fingerprint density at radius 3 is 2.60 bits per heavy atom. The number of hydrogen-bond acceptors (Lipinski definition) is 8. The minimum Gasteiger partial charge on any atom is -0.466 e. The third kappa shape index (κ3) is 7.06. The first-order chi connectivity index (χ1) is 12.0. The number of nitrogens with zero attached hydrogens (tertiary/aromatic N) is 3. The number of aromatic nitrogens is 1. The van der Waals surface area contributed by atoms with Crippen LogP contribution < -0.4 is 5.32 Å². The highest BCUT2D eigenvalue weighted by molar-refractivity contribution is 6.07. The van der Waals surface area contributed by atoms with Gasteiger partial charge in [0.25, 0.3) is 0 Å². The standard InChI is InChI=1S/C16H22N4O5/c1-3-25-14(22)8-6-4-5-7-13(21)18-16(20-24)15-11(2)9-12(19-23)10-17-15/h9-10,24H,3-8H2,1-2H3,(H,18,20,21). The lowest BCUT2D eigenvalue weighted by Gasteiger charge is -2.09. The fourth-order valence-electron chi connectivity index (χ4n) is 2.15. The van der Waals surface area contributed by atoms with Crippen LogP contribution in [0.5, 0.6) is 0 Å². The van der Waals surface area contributed by atoms with Gasteiger partial charge in [-0.1, -0.05) is 11.6 Å².